The van der Waals surface area contributed by atoms with Crippen molar-refractivity contribution in [2.45, 2.75) is 18.4 Å². The van der Waals surface area contributed by atoms with E-state index in [9.17, 15) is 10.1 Å². The largest absolute Gasteiger partial charge is 0.493 e. The van der Waals surface area contributed by atoms with Crippen molar-refractivity contribution >= 4 is 27.3 Å². The summed E-state index contributed by atoms with van der Waals surface area (Å²) >= 11 is 3.55. The number of nitro groups is 1. The van der Waals surface area contributed by atoms with Gasteiger partial charge in [-0.15, -0.1) is 0 Å². The van der Waals surface area contributed by atoms with E-state index in [1.165, 1.54) is 0 Å². The molecule has 1 N–H and O–H groups in total. The Labute approximate surface area is 165 Å². The van der Waals surface area contributed by atoms with Crippen LogP contribution in [0.5, 0.6) is 11.5 Å². The first-order valence-corrected chi connectivity index (χ1v) is 9.46. The van der Waals surface area contributed by atoms with Crippen molar-refractivity contribution in [3.05, 3.63) is 68.2 Å². The molecule has 2 aromatic rings. The molecule has 6 nitrogen and oxygen atoms in total. The molecule has 1 aliphatic heterocycles. The summed E-state index contributed by atoms with van der Waals surface area (Å²) in [5.41, 5.74) is 2.70. The lowest BCUT2D eigenvalue weighted by molar-refractivity contribution is -0.384. The number of methoxy groups -OCH3 is 2. The number of allylic oxidation sites excluding steroid dienone is 2. The lowest BCUT2D eigenvalue weighted by atomic mass is 9.76. The molecule has 1 aliphatic carbocycles. The van der Waals surface area contributed by atoms with Crippen molar-refractivity contribution in [3.8, 4) is 11.5 Å². The van der Waals surface area contributed by atoms with Crippen molar-refractivity contribution in [3.63, 3.8) is 0 Å². The number of nitro benzene ring substituents is 1. The van der Waals surface area contributed by atoms with Gasteiger partial charge in [0.1, 0.15) is 5.69 Å². The Morgan fingerprint density at radius 3 is 2.78 bits per heavy atom. The number of rotatable bonds is 4. The number of nitrogens with zero attached hydrogens (tertiary/aromatic N) is 1. The molecule has 3 atom stereocenters. The van der Waals surface area contributed by atoms with Crippen LogP contribution in [-0.4, -0.2) is 19.1 Å². The van der Waals surface area contributed by atoms with Gasteiger partial charge in [-0.05, 0) is 51.5 Å². The molecule has 0 amide bonds. The zero-order valence-electron chi connectivity index (χ0n) is 14.9. The molecule has 0 fully saturated rings. The molecule has 140 valence electrons. The Bertz CT molecular complexity index is 944. The van der Waals surface area contributed by atoms with Gasteiger partial charge in [0.15, 0.2) is 11.5 Å². The number of nitrogens with one attached hydrogen (secondary N) is 1. The maximum Gasteiger partial charge on any atom is 0.292 e. The molecular weight excluding hydrogens is 412 g/mol. The van der Waals surface area contributed by atoms with Gasteiger partial charge in [-0.1, -0.05) is 24.3 Å². The second kappa shape index (κ2) is 6.88. The van der Waals surface area contributed by atoms with Gasteiger partial charge >= 0.3 is 0 Å². The van der Waals surface area contributed by atoms with Crippen LogP contribution in [0.25, 0.3) is 0 Å². The van der Waals surface area contributed by atoms with Crippen LogP contribution < -0.4 is 14.8 Å². The molecule has 2 unspecified atom stereocenters. The third-order valence-corrected chi connectivity index (χ3v) is 5.98. The molecule has 4 rings (SSSR count). The predicted octanol–water partition coefficient (Wildman–Crippen LogP) is 5.20. The van der Waals surface area contributed by atoms with Crippen LogP contribution in [0.4, 0.5) is 11.4 Å². The van der Waals surface area contributed by atoms with E-state index in [1.807, 2.05) is 18.2 Å². The molecule has 2 aliphatic rings. The summed E-state index contributed by atoms with van der Waals surface area (Å²) in [6.45, 7) is 0. The number of benzene rings is 2. The maximum atomic E-state index is 11.5. The predicted molar refractivity (Wildman–Crippen MR) is 107 cm³/mol. The van der Waals surface area contributed by atoms with Gasteiger partial charge in [0, 0.05) is 12.0 Å². The van der Waals surface area contributed by atoms with Gasteiger partial charge in [0.05, 0.1) is 29.7 Å². The van der Waals surface area contributed by atoms with E-state index >= 15 is 0 Å². The lowest BCUT2D eigenvalue weighted by Crippen LogP contribution is -2.29. The van der Waals surface area contributed by atoms with Crippen LogP contribution in [0.15, 0.2) is 47.0 Å². The van der Waals surface area contributed by atoms with Gasteiger partial charge in [-0.2, -0.15) is 0 Å². The van der Waals surface area contributed by atoms with Gasteiger partial charge in [0.2, 0.25) is 0 Å². The average molecular weight is 431 g/mol. The first-order valence-electron chi connectivity index (χ1n) is 8.67. The summed E-state index contributed by atoms with van der Waals surface area (Å²) in [4.78, 5) is 11.2. The van der Waals surface area contributed by atoms with Gasteiger partial charge in [-0.3, -0.25) is 10.1 Å². The Balaban J connectivity index is 1.84. The summed E-state index contributed by atoms with van der Waals surface area (Å²) in [6.07, 6.45) is 5.24. The molecule has 27 heavy (non-hydrogen) atoms. The number of anilines is 1. The molecule has 2 aromatic carbocycles. The van der Waals surface area contributed by atoms with Crippen molar-refractivity contribution in [1.29, 1.82) is 0 Å². The number of hydrogen-bond acceptors (Lipinski definition) is 5. The molecule has 0 spiro atoms. The minimum absolute atomic E-state index is 0.0743. The number of para-hydroxylation sites is 1. The fourth-order valence-corrected chi connectivity index (χ4v) is 4.83. The highest BCUT2D eigenvalue weighted by Crippen LogP contribution is 2.53. The first-order chi connectivity index (χ1) is 13.0. The number of hydrogen-bond donors (Lipinski definition) is 1. The number of fused-ring (bicyclic) bond motifs is 3. The first kappa shape index (κ1) is 17.9. The smallest absolute Gasteiger partial charge is 0.292 e. The third-order valence-electron chi connectivity index (χ3n) is 5.39. The molecule has 0 saturated carbocycles. The Morgan fingerprint density at radius 2 is 2.07 bits per heavy atom. The van der Waals surface area contributed by atoms with Gasteiger partial charge in [0.25, 0.3) is 5.69 Å². The Morgan fingerprint density at radius 1 is 1.26 bits per heavy atom. The van der Waals surface area contributed by atoms with Crippen molar-refractivity contribution in [2.75, 3.05) is 19.5 Å². The van der Waals surface area contributed by atoms with Crippen LogP contribution in [0.2, 0.25) is 0 Å². The van der Waals surface area contributed by atoms with E-state index in [0.717, 1.165) is 22.0 Å². The third kappa shape index (κ3) is 2.86. The molecule has 1 heterocycles. The van der Waals surface area contributed by atoms with Crippen molar-refractivity contribution in [1.82, 2.24) is 0 Å². The average Bonchev–Trinajstić information content (AvgIpc) is 3.16. The zero-order valence-corrected chi connectivity index (χ0v) is 16.5. The highest BCUT2D eigenvalue weighted by molar-refractivity contribution is 9.10. The van der Waals surface area contributed by atoms with E-state index in [2.05, 4.69) is 33.4 Å². The van der Waals surface area contributed by atoms with E-state index < -0.39 is 0 Å². The van der Waals surface area contributed by atoms with E-state index in [4.69, 9.17) is 9.47 Å². The molecule has 7 heteroatoms. The minimum atomic E-state index is -0.327. The van der Waals surface area contributed by atoms with Crippen molar-refractivity contribution < 1.29 is 14.4 Å². The number of halogens is 1. The monoisotopic (exact) mass is 430 g/mol. The molecule has 0 bridgehead atoms. The minimum Gasteiger partial charge on any atom is -0.493 e. The van der Waals surface area contributed by atoms with E-state index in [-0.39, 0.29) is 28.5 Å². The quantitative estimate of drug-likeness (QED) is 0.409. The van der Waals surface area contributed by atoms with E-state index in [0.29, 0.717) is 17.2 Å². The summed E-state index contributed by atoms with van der Waals surface area (Å²) in [6, 6.07) is 9.14. The normalized spacial score (nSPS) is 22.6. The maximum absolute atomic E-state index is 11.5. The van der Waals surface area contributed by atoms with Crippen LogP contribution in [0, 0.1) is 16.0 Å². The standard InChI is InChI=1S/C20H19BrN2O4/c1-26-17-10-11(9-15(21)20(17)27-2)18-13-6-3-5-12(13)14-7-4-8-16(23(24)25)19(14)22-18/h3-5,7-10,12-13,18,22H,6H2,1-2H3/t12?,13?,18-/m1/s1. The SMILES string of the molecule is COc1cc([C@H]2Nc3c(cccc3[N+](=O)[O-])C3C=CCC32)cc(Br)c1OC. The molecule has 0 radical (unpaired) electrons. The molecular formula is C20H19BrN2O4. The van der Waals surface area contributed by atoms with Crippen LogP contribution >= 0.6 is 15.9 Å². The van der Waals surface area contributed by atoms with Crippen LogP contribution in [0.1, 0.15) is 29.5 Å². The lowest BCUT2D eigenvalue weighted by Gasteiger charge is -2.37. The fraction of sp³-hybridized carbons (Fsp3) is 0.300. The second-order valence-electron chi connectivity index (χ2n) is 6.71. The summed E-state index contributed by atoms with van der Waals surface area (Å²) < 4.78 is 11.7. The van der Waals surface area contributed by atoms with Gasteiger partial charge < -0.3 is 14.8 Å². The Hall–Kier alpha value is -2.54. The Kier molecular flexibility index (Phi) is 4.55. The molecule has 0 aromatic heterocycles. The fourth-order valence-electron chi connectivity index (χ4n) is 4.20. The summed E-state index contributed by atoms with van der Waals surface area (Å²) in [5.74, 6) is 1.69. The van der Waals surface area contributed by atoms with Gasteiger partial charge in [-0.25, -0.2) is 0 Å². The highest BCUT2D eigenvalue weighted by atomic mass is 79.9. The summed E-state index contributed by atoms with van der Waals surface area (Å²) in [5, 5.41) is 15.0. The number of ether oxygens (including phenoxy) is 2. The van der Waals surface area contributed by atoms with Crippen LogP contribution in [-0.2, 0) is 0 Å². The van der Waals surface area contributed by atoms with Crippen LogP contribution in [0.3, 0.4) is 0 Å². The highest BCUT2D eigenvalue weighted by Gasteiger charge is 2.40. The molecule has 0 saturated heterocycles. The summed E-state index contributed by atoms with van der Waals surface area (Å²) in [7, 11) is 3.19. The zero-order chi connectivity index (χ0) is 19.1. The second-order valence-corrected chi connectivity index (χ2v) is 7.57. The van der Waals surface area contributed by atoms with E-state index in [1.54, 1.807) is 26.4 Å². The topological polar surface area (TPSA) is 73.6 Å². The van der Waals surface area contributed by atoms with Crippen molar-refractivity contribution in [2.24, 2.45) is 5.92 Å².